The topological polar surface area (TPSA) is 51.5 Å². The number of halogens is 1. The fourth-order valence-electron chi connectivity index (χ4n) is 2.82. The van der Waals surface area contributed by atoms with Gasteiger partial charge in [0.15, 0.2) is 0 Å². The molecule has 1 N–H and O–H groups in total. The highest BCUT2D eigenvalue weighted by Crippen LogP contribution is 2.29. The maximum Gasteiger partial charge on any atom is 0.303 e. The second kappa shape index (κ2) is 7.57. The summed E-state index contributed by atoms with van der Waals surface area (Å²) in [6.07, 6.45) is 0.568. The van der Waals surface area contributed by atoms with Gasteiger partial charge in [-0.1, -0.05) is 22.0 Å². The number of rotatable bonds is 6. The van der Waals surface area contributed by atoms with Crippen LogP contribution in [-0.2, 0) is 11.2 Å². The summed E-state index contributed by atoms with van der Waals surface area (Å²) >= 11 is 3.51. The van der Waals surface area contributed by atoms with Gasteiger partial charge in [0.25, 0.3) is 0 Å². The Morgan fingerprint density at radius 1 is 1.12 bits per heavy atom. The van der Waals surface area contributed by atoms with Crippen molar-refractivity contribution in [3.63, 3.8) is 0 Å². The lowest BCUT2D eigenvalue weighted by atomic mass is 10.1. The third-order valence-corrected chi connectivity index (χ3v) is 4.50. The molecule has 0 amide bonds. The Hall–Kier alpha value is -2.53. The Kier molecular flexibility index (Phi) is 5.24. The van der Waals surface area contributed by atoms with E-state index in [9.17, 15) is 4.79 Å². The summed E-state index contributed by atoms with van der Waals surface area (Å²) in [5, 5.41) is 9.03. The largest absolute Gasteiger partial charge is 0.497 e. The van der Waals surface area contributed by atoms with E-state index in [1.54, 1.807) is 7.11 Å². The number of benzene rings is 2. The lowest BCUT2D eigenvalue weighted by Crippen LogP contribution is -2.05. The summed E-state index contributed by atoms with van der Waals surface area (Å²) in [6, 6.07) is 19.8. The van der Waals surface area contributed by atoms with Crippen molar-refractivity contribution in [2.45, 2.75) is 12.8 Å². The van der Waals surface area contributed by atoms with Crippen LogP contribution in [0.15, 0.2) is 65.1 Å². The van der Waals surface area contributed by atoms with Crippen molar-refractivity contribution in [1.29, 1.82) is 0 Å². The number of carboxylic acids is 1. The van der Waals surface area contributed by atoms with Gasteiger partial charge in [-0.25, -0.2) is 0 Å². The first kappa shape index (κ1) is 17.3. The Morgan fingerprint density at radius 2 is 1.88 bits per heavy atom. The summed E-state index contributed by atoms with van der Waals surface area (Å²) < 4.78 is 8.31. The van der Waals surface area contributed by atoms with Crippen LogP contribution in [0.25, 0.3) is 16.9 Å². The molecule has 0 aliphatic heterocycles. The molecule has 3 aromatic rings. The number of nitrogens with zero attached hydrogens (tertiary/aromatic N) is 1. The van der Waals surface area contributed by atoms with Gasteiger partial charge >= 0.3 is 5.97 Å². The Morgan fingerprint density at radius 3 is 2.52 bits per heavy atom. The van der Waals surface area contributed by atoms with Gasteiger partial charge in [-0.05, 0) is 66.6 Å². The maximum absolute atomic E-state index is 11.0. The number of aliphatic carboxylic acids is 1. The van der Waals surface area contributed by atoms with Crippen molar-refractivity contribution >= 4 is 21.9 Å². The molecular weight excluding hydrogens is 382 g/mol. The van der Waals surface area contributed by atoms with Crippen molar-refractivity contribution in [2.24, 2.45) is 0 Å². The minimum absolute atomic E-state index is 0.0973. The molecule has 2 aromatic carbocycles. The highest BCUT2D eigenvalue weighted by molar-refractivity contribution is 9.10. The van der Waals surface area contributed by atoms with Crippen molar-refractivity contribution in [1.82, 2.24) is 4.57 Å². The van der Waals surface area contributed by atoms with Crippen molar-refractivity contribution in [3.05, 3.63) is 70.8 Å². The number of methoxy groups -OCH3 is 1. The first-order chi connectivity index (χ1) is 12.1. The van der Waals surface area contributed by atoms with Crippen LogP contribution >= 0.6 is 15.9 Å². The van der Waals surface area contributed by atoms with Gasteiger partial charge < -0.3 is 14.4 Å². The molecule has 25 heavy (non-hydrogen) atoms. The van der Waals surface area contributed by atoms with Gasteiger partial charge in [0.2, 0.25) is 0 Å². The molecule has 0 saturated heterocycles. The van der Waals surface area contributed by atoms with E-state index < -0.39 is 5.97 Å². The minimum atomic E-state index is -0.798. The molecule has 0 unspecified atom stereocenters. The SMILES string of the molecule is COc1ccc(-c2ccc(CCC(=O)O)n2-c2cccc(Br)c2)cc1. The van der Waals surface area contributed by atoms with E-state index in [2.05, 4.69) is 20.5 Å². The smallest absolute Gasteiger partial charge is 0.303 e. The van der Waals surface area contributed by atoms with E-state index in [0.717, 1.165) is 32.9 Å². The van der Waals surface area contributed by atoms with Crippen molar-refractivity contribution < 1.29 is 14.6 Å². The molecular formula is C20H18BrNO3. The number of hydrogen-bond acceptors (Lipinski definition) is 2. The molecule has 0 aliphatic rings. The predicted molar refractivity (Wildman–Crippen MR) is 101 cm³/mol. The van der Waals surface area contributed by atoms with Crippen LogP contribution in [0, 0.1) is 0 Å². The summed E-state index contributed by atoms with van der Waals surface area (Å²) in [4.78, 5) is 11.0. The average molecular weight is 400 g/mol. The Bertz CT molecular complexity index is 884. The molecule has 0 aliphatic carbocycles. The quantitative estimate of drug-likeness (QED) is 0.638. The van der Waals surface area contributed by atoms with E-state index in [4.69, 9.17) is 9.84 Å². The molecule has 0 atom stereocenters. The number of carboxylic acid groups (broad SMARTS) is 1. The van der Waals surface area contributed by atoms with E-state index in [1.807, 2.05) is 60.7 Å². The molecule has 0 fully saturated rings. The molecule has 4 nitrogen and oxygen atoms in total. The van der Waals surface area contributed by atoms with E-state index >= 15 is 0 Å². The molecule has 0 radical (unpaired) electrons. The molecule has 1 heterocycles. The molecule has 5 heteroatoms. The highest BCUT2D eigenvalue weighted by Gasteiger charge is 2.13. The predicted octanol–water partition coefficient (Wildman–Crippen LogP) is 4.93. The zero-order valence-corrected chi connectivity index (χ0v) is 15.4. The zero-order valence-electron chi connectivity index (χ0n) is 13.8. The van der Waals surface area contributed by atoms with Gasteiger partial charge in [0, 0.05) is 15.9 Å². The van der Waals surface area contributed by atoms with Gasteiger partial charge in [-0.15, -0.1) is 0 Å². The van der Waals surface area contributed by atoms with E-state index in [0.29, 0.717) is 6.42 Å². The third kappa shape index (κ3) is 3.94. The van der Waals surface area contributed by atoms with Gasteiger partial charge in [-0.3, -0.25) is 4.79 Å². The number of hydrogen-bond donors (Lipinski definition) is 1. The normalized spacial score (nSPS) is 10.6. The molecule has 3 rings (SSSR count). The minimum Gasteiger partial charge on any atom is -0.497 e. The zero-order chi connectivity index (χ0) is 17.8. The number of carbonyl (C=O) groups is 1. The maximum atomic E-state index is 11.0. The van der Waals surface area contributed by atoms with Crippen LogP contribution in [0.1, 0.15) is 12.1 Å². The summed E-state index contributed by atoms with van der Waals surface area (Å²) in [5.74, 6) is 0.00315. The Labute approximate surface area is 154 Å². The Balaban J connectivity index is 2.09. The van der Waals surface area contributed by atoms with Crippen LogP contribution < -0.4 is 4.74 Å². The van der Waals surface area contributed by atoms with Crippen LogP contribution in [0.3, 0.4) is 0 Å². The molecule has 0 bridgehead atoms. The fourth-order valence-corrected chi connectivity index (χ4v) is 3.20. The number of ether oxygens (including phenoxy) is 1. The van der Waals surface area contributed by atoms with Gasteiger partial charge in [-0.2, -0.15) is 0 Å². The molecule has 128 valence electrons. The first-order valence-corrected chi connectivity index (χ1v) is 8.70. The second-order valence-corrected chi connectivity index (χ2v) is 6.56. The van der Waals surface area contributed by atoms with Crippen LogP contribution in [0.5, 0.6) is 5.75 Å². The first-order valence-electron chi connectivity index (χ1n) is 7.91. The molecule has 0 saturated carbocycles. The molecule has 1 aromatic heterocycles. The van der Waals surface area contributed by atoms with E-state index in [1.165, 1.54) is 0 Å². The van der Waals surface area contributed by atoms with Crippen LogP contribution in [0.4, 0.5) is 0 Å². The fraction of sp³-hybridized carbons (Fsp3) is 0.150. The van der Waals surface area contributed by atoms with Crippen molar-refractivity contribution in [3.8, 4) is 22.7 Å². The molecule has 0 spiro atoms. The average Bonchev–Trinajstić information content (AvgIpc) is 3.04. The summed E-state index contributed by atoms with van der Waals surface area (Å²) in [6.45, 7) is 0. The third-order valence-electron chi connectivity index (χ3n) is 4.01. The van der Waals surface area contributed by atoms with Gasteiger partial charge in [0.1, 0.15) is 5.75 Å². The van der Waals surface area contributed by atoms with E-state index in [-0.39, 0.29) is 6.42 Å². The monoisotopic (exact) mass is 399 g/mol. The summed E-state index contributed by atoms with van der Waals surface area (Å²) in [7, 11) is 1.64. The number of aromatic nitrogens is 1. The highest BCUT2D eigenvalue weighted by atomic mass is 79.9. The van der Waals surface area contributed by atoms with Gasteiger partial charge in [0.05, 0.1) is 19.2 Å². The van der Waals surface area contributed by atoms with Crippen LogP contribution in [0.2, 0.25) is 0 Å². The lowest BCUT2D eigenvalue weighted by molar-refractivity contribution is -0.136. The lowest BCUT2D eigenvalue weighted by Gasteiger charge is -2.14. The second-order valence-electron chi connectivity index (χ2n) is 5.65. The number of aryl methyl sites for hydroxylation is 1. The summed E-state index contributed by atoms with van der Waals surface area (Å²) in [5.41, 5.74) is 4.01. The van der Waals surface area contributed by atoms with Crippen molar-refractivity contribution in [2.75, 3.05) is 7.11 Å². The van der Waals surface area contributed by atoms with Crippen LogP contribution in [-0.4, -0.2) is 22.8 Å². The standard InChI is InChI=1S/C20H18BrNO3/c1-25-18-9-5-14(6-10-18)19-11-7-16(8-12-20(23)24)22(19)17-4-2-3-15(21)13-17/h2-7,9-11,13H,8,12H2,1H3,(H,23,24).